The molecule has 10 aromatic rings. The van der Waals surface area contributed by atoms with Crippen LogP contribution in [0.2, 0.25) is 0 Å². The summed E-state index contributed by atoms with van der Waals surface area (Å²) in [4.78, 5) is 2.36. The Hall–Kier alpha value is -7.00. The Kier molecular flexibility index (Phi) is 10.7. The molecule has 1 aromatic heterocycles. The Balaban J connectivity index is 0.000000583. The second kappa shape index (κ2) is 16.8. The van der Waals surface area contributed by atoms with Gasteiger partial charge in [-0.25, -0.2) is 0 Å². The van der Waals surface area contributed by atoms with E-state index in [0.717, 1.165) is 17.1 Å². The Morgan fingerprint density at radius 1 is 0.322 bits per heavy atom. The van der Waals surface area contributed by atoms with Crippen molar-refractivity contribution in [1.29, 1.82) is 0 Å². The molecule has 0 aliphatic heterocycles. The molecule has 0 aliphatic rings. The summed E-state index contributed by atoms with van der Waals surface area (Å²) in [5, 5.41) is 2.65. The highest BCUT2D eigenvalue weighted by Crippen LogP contribution is 2.42. The highest BCUT2D eigenvalue weighted by Gasteiger charge is 2.16. The molecule has 10 rings (SSSR count). The summed E-state index contributed by atoms with van der Waals surface area (Å²) < 4.78 is 2.66. The van der Waals surface area contributed by atoms with Crippen LogP contribution in [0.3, 0.4) is 0 Å². The fraction of sp³-hybridized carbons (Fsp3) is 0.0526. The molecule has 0 N–H and O–H groups in total. The number of rotatable bonds is 7. The molecule has 0 saturated heterocycles. The third-order valence-corrected chi connectivity index (χ3v) is 12.4. The first-order chi connectivity index (χ1) is 29.0. The molecule has 0 spiro atoms. The Morgan fingerprint density at radius 3 is 1.42 bits per heavy atom. The quantitative estimate of drug-likeness (QED) is 0.156. The first kappa shape index (κ1) is 37.6. The second-order valence-electron chi connectivity index (χ2n) is 15.1. The van der Waals surface area contributed by atoms with Crippen LogP contribution < -0.4 is 4.90 Å². The largest absolute Gasteiger partial charge is 0.311 e. The summed E-state index contributed by atoms with van der Waals surface area (Å²) in [5.41, 5.74) is 17.1. The van der Waals surface area contributed by atoms with Crippen LogP contribution in [0.25, 0.3) is 64.7 Å². The van der Waals surface area contributed by atoms with Crippen LogP contribution >= 0.6 is 11.3 Å². The van der Waals surface area contributed by atoms with Crippen LogP contribution in [0, 0.1) is 20.8 Å². The maximum Gasteiger partial charge on any atom is 0.0462 e. The Morgan fingerprint density at radius 2 is 0.797 bits per heavy atom. The van der Waals surface area contributed by atoms with Crippen molar-refractivity contribution in [3.8, 4) is 44.5 Å². The zero-order valence-electron chi connectivity index (χ0n) is 33.6. The number of nitrogens with zero attached hydrogens (tertiary/aromatic N) is 1. The molecule has 0 saturated carbocycles. The predicted octanol–water partition coefficient (Wildman–Crippen LogP) is 16.8. The third kappa shape index (κ3) is 7.96. The predicted molar refractivity (Wildman–Crippen MR) is 256 cm³/mol. The van der Waals surface area contributed by atoms with Crippen molar-refractivity contribution in [2.45, 2.75) is 20.8 Å². The van der Waals surface area contributed by atoms with Gasteiger partial charge in [0.05, 0.1) is 0 Å². The molecule has 0 aliphatic carbocycles. The van der Waals surface area contributed by atoms with Crippen molar-refractivity contribution in [3.05, 3.63) is 235 Å². The first-order valence-electron chi connectivity index (χ1n) is 20.3. The number of hydrogen-bond donors (Lipinski definition) is 0. The molecule has 1 nitrogen and oxygen atoms in total. The lowest BCUT2D eigenvalue weighted by Gasteiger charge is -2.26. The lowest BCUT2D eigenvalue weighted by molar-refractivity contribution is 1.28. The highest BCUT2D eigenvalue weighted by molar-refractivity contribution is 7.26. The molecule has 0 unspecified atom stereocenters. The molecule has 0 fully saturated rings. The van der Waals surface area contributed by atoms with Crippen LogP contribution in [0.15, 0.2) is 218 Å². The van der Waals surface area contributed by atoms with Crippen LogP contribution in [-0.2, 0) is 0 Å². The van der Waals surface area contributed by atoms with Crippen molar-refractivity contribution in [3.63, 3.8) is 0 Å². The third-order valence-electron chi connectivity index (χ3n) is 11.1. The Labute approximate surface area is 352 Å². The standard InChI is InChI=1S/C50H37NS.C7H8/c1-34-11-6-7-14-44(34)48-33-40(20-19-35(48)2)38-23-29-42(30-24-38)51(41-27-21-37(22-28-41)36-12-4-3-5-13-36)43-31-25-39(26-32-43)45-16-10-17-47-46-15-8-9-18-49(46)52-50(45)47;1-7-5-3-2-4-6-7/h3-33H,1-2H3;2-6H,1H3. The van der Waals surface area contributed by atoms with Gasteiger partial charge >= 0.3 is 0 Å². The molecule has 9 aromatic carbocycles. The minimum Gasteiger partial charge on any atom is -0.311 e. The summed E-state index contributed by atoms with van der Waals surface area (Å²) in [6, 6.07) is 78.7. The van der Waals surface area contributed by atoms with Crippen LogP contribution in [-0.4, -0.2) is 0 Å². The minimum absolute atomic E-state index is 1.11. The molecule has 1 heterocycles. The summed E-state index contributed by atoms with van der Waals surface area (Å²) in [6.07, 6.45) is 0. The van der Waals surface area contributed by atoms with E-state index in [1.807, 2.05) is 29.5 Å². The van der Waals surface area contributed by atoms with E-state index in [2.05, 4.69) is 226 Å². The maximum atomic E-state index is 2.36. The molecular formula is C57H45NS. The number of benzene rings is 9. The van der Waals surface area contributed by atoms with E-state index >= 15 is 0 Å². The van der Waals surface area contributed by atoms with Gasteiger partial charge in [0.2, 0.25) is 0 Å². The number of thiophene rings is 1. The first-order valence-corrected chi connectivity index (χ1v) is 21.1. The molecule has 0 radical (unpaired) electrons. The molecular weight excluding hydrogens is 731 g/mol. The van der Waals surface area contributed by atoms with Crippen molar-refractivity contribution in [1.82, 2.24) is 0 Å². The molecule has 0 bridgehead atoms. The van der Waals surface area contributed by atoms with Crippen LogP contribution in [0.4, 0.5) is 17.1 Å². The van der Waals surface area contributed by atoms with Gasteiger partial charge < -0.3 is 4.90 Å². The summed E-state index contributed by atoms with van der Waals surface area (Å²) >= 11 is 1.88. The average Bonchev–Trinajstić information content (AvgIpc) is 3.68. The van der Waals surface area contributed by atoms with E-state index in [0.29, 0.717) is 0 Å². The zero-order chi connectivity index (χ0) is 40.1. The monoisotopic (exact) mass is 775 g/mol. The smallest absolute Gasteiger partial charge is 0.0462 e. The molecule has 284 valence electrons. The van der Waals surface area contributed by atoms with Crippen molar-refractivity contribution in [2.24, 2.45) is 0 Å². The topological polar surface area (TPSA) is 3.24 Å². The van der Waals surface area contributed by atoms with Gasteiger partial charge in [-0.15, -0.1) is 11.3 Å². The zero-order valence-corrected chi connectivity index (χ0v) is 34.5. The van der Waals surface area contributed by atoms with Crippen molar-refractivity contribution < 1.29 is 0 Å². The fourth-order valence-electron chi connectivity index (χ4n) is 7.95. The summed E-state index contributed by atoms with van der Waals surface area (Å²) in [5.74, 6) is 0. The molecule has 0 amide bonds. The van der Waals surface area contributed by atoms with Crippen molar-refractivity contribution >= 4 is 48.6 Å². The van der Waals surface area contributed by atoms with Gasteiger partial charge in [0.1, 0.15) is 0 Å². The minimum atomic E-state index is 1.11. The summed E-state index contributed by atoms with van der Waals surface area (Å²) in [7, 11) is 0. The fourth-order valence-corrected chi connectivity index (χ4v) is 9.19. The van der Waals surface area contributed by atoms with Crippen LogP contribution in [0.1, 0.15) is 16.7 Å². The van der Waals surface area contributed by atoms with E-state index in [-0.39, 0.29) is 0 Å². The second-order valence-corrected chi connectivity index (χ2v) is 16.2. The van der Waals surface area contributed by atoms with E-state index in [4.69, 9.17) is 0 Å². The van der Waals surface area contributed by atoms with Gasteiger partial charge in [0.15, 0.2) is 0 Å². The molecule has 2 heteroatoms. The highest BCUT2D eigenvalue weighted by atomic mass is 32.1. The van der Waals surface area contributed by atoms with Crippen molar-refractivity contribution in [2.75, 3.05) is 4.90 Å². The SMILES string of the molecule is Cc1ccccc1.Cc1ccccc1-c1cc(-c2ccc(N(c3ccc(-c4ccccc4)cc3)c3ccc(-c4cccc5c4sc4ccccc45)cc3)cc2)ccc1C. The maximum absolute atomic E-state index is 2.36. The van der Waals surface area contributed by atoms with Gasteiger partial charge in [-0.2, -0.15) is 0 Å². The normalized spacial score (nSPS) is 11.0. The van der Waals surface area contributed by atoms with E-state index in [1.54, 1.807) is 0 Å². The van der Waals surface area contributed by atoms with E-state index in [1.165, 1.54) is 81.4 Å². The number of aryl methyl sites for hydroxylation is 3. The Bertz CT molecular complexity index is 2980. The van der Waals surface area contributed by atoms with Gasteiger partial charge in [0, 0.05) is 37.2 Å². The summed E-state index contributed by atoms with van der Waals surface area (Å²) in [6.45, 7) is 6.47. The van der Waals surface area contributed by atoms with E-state index in [9.17, 15) is 0 Å². The lowest BCUT2D eigenvalue weighted by Crippen LogP contribution is -2.09. The number of anilines is 3. The number of fused-ring (bicyclic) bond motifs is 3. The lowest BCUT2D eigenvalue weighted by atomic mass is 9.93. The van der Waals surface area contributed by atoms with Gasteiger partial charge in [-0.1, -0.05) is 175 Å². The van der Waals surface area contributed by atoms with Gasteiger partial charge in [-0.3, -0.25) is 0 Å². The average molecular weight is 776 g/mol. The van der Waals surface area contributed by atoms with Crippen LogP contribution in [0.5, 0.6) is 0 Å². The molecule has 59 heavy (non-hydrogen) atoms. The van der Waals surface area contributed by atoms with Gasteiger partial charge in [-0.05, 0) is 125 Å². The van der Waals surface area contributed by atoms with E-state index < -0.39 is 0 Å². The molecule has 0 atom stereocenters. The number of hydrogen-bond acceptors (Lipinski definition) is 2. The van der Waals surface area contributed by atoms with Gasteiger partial charge in [0.25, 0.3) is 0 Å².